The molecule has 7 heteroatoms. The fourth-order valence-electron chi connectivity index (χ4n) is 3.28. The smallest absolute Gasteiger partial charge is 0.131 e. The van der Waals surface area contributed by atoms with Crippen LogP contribution in [-0.2, 0) is 13.1 Å². The summed E-state index contributed by atoms with van der Waals surface area (Å²) in [6.07, 6.45) is 2.23. The summed E-state index contributed by atoms with van der Waals surface area (Å²) in [5, 5.41) is 13.4. The standard InChI is InChI=1S/C18H24FN3O3/c1-24-17-3-2-14(18(19)10-17)11-22-7-6-21(13-16(22)4-8-23)12-15-5-9-25-20-15/h2-3,5,9-10,16,23H,4,6-8,11-13H2,1H3/t16-/m0/s1. The Labute approximate surface area is 146 Å². The number of hydrogen-bond donors (Lipinski definition) is 1. The first-order chi connectivity index (χ1) is 12.2. The molecule has 1 atom stereocenters. The zero-order valence-corrected chi connectivity index (χ0v) is 14.4. The van der Waals surface area contributed by atoms with Crippen molar-refractivity contribution in [1.29, 1.82) is 0 Å². The molecule has 0 bridgehead atoms. The highest BCUT2D eigenvalue weighted by atomic mass is 19.1. The molecule has 3 rings (SSSR count). The van der Waals surface area contributed by atoms with Crippen LogP contribution in [0.5, 0.6) is 5.75 Å². The second kappa shape index (κ2) is 8.42. The molecule has 1 fully saturated rings. The predicted octanol–water partition coefficient (Wildman–Crippen LogP) is 1.89. The van der Waals surface area contributed by atoms with Gasteiger partial charge in [-0.2, -0.15) is 0 Å². The molecule has 0 spiro atoms. The summed E-state index contributed by atoms with van der Waals surface area (Å²) in [4.78, 5) is 4.53. The van der Waals surface area contributed by atoms with E-state index in [1.807, 2.05) is 6.07 Å². The van der Waals surface area contributed by atoms with Crippen molar-refractivity contribution >= 4 is 0 Å². The fraction of sp³-hybridized carbons (Fsp3) is 0.500. The highest BCUT2D eigenvalue weighted by Crippen LogP contribution is 2.22. The number of aromatic nitrogens is 1. The third-order valence-corrected chi connectivity index (χ3v) is 4.66. The van der Waals surface area contributed by atoms with Gasteiger partial charge in [-0.25, -0.2) is 4.39 Å². The number of halogens is 1. The summed E-state index contributed by atoms with van der Waals surface area (Å²) in [6, 6.07) is 7.00. The van der Waals surface area contributed by atoms with Crippen molar-refractivity contribution in [2.75, 3.05) is 33.4 Å². The van der Waals surface area contributed by atoms with Gasteiger partial charge in [0.2, 0.25) is 0 Å². The van der Waals surface area contributed by atoms with Crippen molar-refractivity contribution in [3.05, 3.63) is 47.6 Å². The first-order valence-electron chi connectivity index (χ1n) is 8.48. The summed E-state index contributed by atoms with van der Waals surface area (Å²) >= 11 is 0. The number of rotatable bonds is 7. The summed E-state index contributed by atoms with van der Waals surface area (Å²) < 4.78 is 24.2. The van der Waals surface area contributed by atoms with Crippen LogP contribution in [0.1, 0.15) is 17.7 Å². The third-order valence-electron chi connectivity index (χ3n) is 4.66. The van der Waals surface area contributed by atoms with E-state index in [2.05, 4.69) is 15.0 Å². The normalized spacial score (nSPS) is 19.2. The van der Waals surface area contributed by atoms with Crippen LogP contribution in [0.15, 0.2) is 35.1 Å². The lowest BCUT2D eigenvalue weighted by atomic mass is 10.1. The van der Waals surface area contributed by atoms with Crippen molar-refractivity contribution in [3.8, 4) is 5.75 Å². The van der Waals surface area contributed by atoms with Gasteiger partial charge in [-0.1, -0.05) is 11.2 Å². The largest absolute Gasteiger partial charge is 0.497 e. The van der Waals surface area contributed by atoms with E-state index >= 15 is 0 Å². The molecule has 1 aliphatic rings. The number of benzene rings is 1. The first kappa shape index (κ1) is 17.8. The van der Waals surface area contributed by atoms with Crippen LogP contribution in [0.4, 0.5) is 4.39 Å². The Balaban J connectivity index is 1.64. The predicted molar refractivity (Wildman–Crippen MR) is 90.6 cm³/mol. The molecule has 1 saturated heterocycles. The average molecular weight is 349 g/mol. The topological polar surface area (TPSA) is 62.0 Å². The SMILES string of the molecule is COc1ccc(CN2CCN(Cc3ccon3)C[C@@H]2CCO)c(F)c1. The molecule has 0 radical (unpaired) electrons. The number of piperazine rings is 1. The summed E-state index contributed by atoms with van der Waals surface area (Å²) in [7, 11) is 1.53. The van der Waals surface area contributed by atoms with Crippen LogP contribution in [0.25, 0.3) is 0 Å². The fourth-order valence-corrected chi connectivity index (χ4v) is 3.28. The maximum Gasteiger partial charge on any atom is 0.131 e. The minimum Gasteiger partial charge on any atom is -0.497 e. The molecule has 1 N–H and O–H groups in total. The maximum atomic E-state index is 14.2. The van der Waals surface area contributed by atoms with Gasteiger partial charge in [0.15, 0.2) is 0 Å². The lowest BCUT2D eigenvalue weighted by Gasteiger charge is -2.41. The van der Waals surface area contributed by atoms with E-state index in [4.69, 9.17) is 9.26 Å². The van der Waals surface area contributed by atoms with Crippen molar-refractivity contribution in [3.63, 3.8) is 0 Å². The van der Waals surface area contributed by atoms with E-state index < -0.39 is 0 Å². The lowest BCUT2D eigenvalue weighted by molar-refractivity contribution is 0.0482. The number of aliphatic hydroxyl groups excluding tert-OH is 1. The Morgan fingerprint density at radius 1 is 1.32 bits per heavy atom. The number of methoxy groups -OCH3 is 1. The maximum absolute atomic E-state index is 14.2. The molecule has 1 aromatic carbocycles. The summed E-state index contributed by atoms with van der Waals surface area (Å²) in [6.45, 7) is 3.86. The van der Waals surface area contributed by atoms with Crippen LogP contribution >= 0.6 is 0 Å². The van der Waals surface area contributed by atoms with Crippen LogP contribution in [-0.4, -0.2) is 59.5 Å². The molecular weight excluding hydrogens is 325 g/mol. The zero-order chi connectivity index (χ0) is 17.6. The van der Waals surface area contributed by atoms with E-state index in [1.54, 1.807) is 18.4 Å². The number of aliphatic hydroxyl groups is 1. The number of hydrogen-bond acceptors (Lipinski definition) is 6. The average Bonchev–Trinajstić information content (AvgIpc) is 3.12. The van der Waals surface area contributed by atoms with Crippen molar-refractivity contribution in [2.45, 2.75) is 25.6 Å². The van der Waals surface area contributed by atoms with E-state index in [9.17, 15) is 9.50 Å². The first-order valence-corrected chi connectivity index (χ1v) is 8.48. The lowest BCUT2D eigenvalue weighted by Crippen LogP contribution is -2.52. The molecule has 6 nitrogen and oxygen atoms in total. The number of nitrogens with zero attached hydrogens (tertiary/aromatic N) is 3. The van der Waals surface area contributed by atoms with Gasteiger partial charge < -0.3 is 14.4 Å². The Bertz CT molecular complexity index is 666. The molecule has 0 amide bonds. The molecule has 2 aromatic rings. The van der Waals surface area contributed by atoms with E-state index in [0.717, 1.165) is 31.9 Å². The van der Waals surface area contributed by atoms with Crippen LogP contribution < -0.4 is 4.74 Å². The van der Waals surface area contributed by atoms with E-state index in [-0.39, 0.29) is 18.5 Å². The van der Waals surface area contributed by atoms with Crippen LogP contribution in [0, 0.1) is 5.82 Å². The molecule has 136 valence electrons. The molecule has 25 heavy (non-hydrogen) atoms. The van der Waals surface area contributed by atoms with Crippen molar-refractivity contribution in [2.24, 2.45) is 0 Å². The zero-order valence-electron chi connectivity index (χ0n) is 14.4. The quantitative estimate of drug-likeness (QED) is 0.824. The summed E-state index contributed by atoms with van der Waals surface area (Å²) in [5.74, 6) is 0.262. The minimum atomic E-state index is -0.257. The Hall–Kier alpha value is -1.96. The second-order valence-corrected chi connectivity index (χ2v) is 6.32. The molecule has 0 aliphatic carbocycles. The molecule has 1 aromatic heterocycles. The Morgan fingerprint density at radius 3 is 2.88 bits per heavy atom. The monoisotopic (exact) mass is 349 g/mol. The molecule has 0 unspecified atom stereocenters. The van der Waals surface area contributed by atoms with Gasteiger partial charge in [-0.3, -0.25) is 9.80 Å². The van der Waals surface area contributed by atoms with Gasteiger partial charge in [0, 0.05) is 63.1 Å². The highest BCUT2D eigenvalue weighted by Gasteiger charge is 2.27. The van der Waals surface area contributed by atoms with Crippen molar-refractivity contribution < 1.29 is 18.8 Å². The van der Waals surface area contributed by atoms with E-state index in [1.165, 1.54) is 13.2 Å². The van der Waals surface area contributed by atoms with Gasteiger partial charge in [0.05, 0.1) is 12.8 Å². The Morgan fingerprint density at radius 2 is 2.20 bits per heavy atom. The minimum absolute atomic E-state index is 0.115. The van der Waals surface area contributed by atoms with Gasteiger partial charge in [0.1, 0.15) is 17.8 Å². The number of ether oxygens (including phenoxy) is 1. The van der Waals surface area contributed by atoms with Gasteiger partial charge in [-0.15, -0.1) is 0 Å². The molecule has 2 heterocycles. The van der Waals surface area contributed by atoms with Gasteiger partial charge in [-0.05, 0) is 12.5 Å². The molecule has 0 saturated carbocycles. The van der Waals surface area contributed by atoms with E-state index in [0.29, 0.717) is 24.3 Å². The van der Waals surface area contributed by atoms with Crippen LogP contribution in [0.3, 0.4) is 0 Å². The third kappa shape index (κ3) is 4.56. The van der Waals surface area contributed by atoms with Crippen LogP contribution in [0.2, 0.25) is 0 Å². The van der Waals surface area contributed by atoms with Crippen molar-refractivity contribution in [1.82, 2.24) is 15.0 Å². The van der Waals surface area contributed by atoms with Gasteiger partial charge in [0.25, 0.3) is 0 Å². The van der Waals surface area contributed by atoms with Gasteiger partial charge >= 0.3 is 0 Å². The molecule has 1 aliphatic heterocycles. The second-order valence-electron chi connectivity index (χ2n) is 6.32. The summed E-state index contributed by atoms with van der Waals surface area (Å²) in [5.41, 5.74) is 1.55. The highest BCUT2D eigenvalue weighted by molar-refractivity contribution is 5.29. The molecular formula is C18H24FN3O3. The Kier molecular flexibility index (Phi) is 6.01.